The van der Waals surface area contributed by atoms with Crippen LogP contribution in [-0.2, 0) is 0 Å². The van der Waals surface area contributed by atoms with Gasteiger partial charge in [-0.1, -0.05) is 19.3 Å². The molecule has 2 bridgehead atoms. The number of piperidine rings is 1. The van der Waals surface area contributed by atoms with Crippen LogP contribution in [0.3, 0.4) is 0 Å². The van der Waals surface area contributed by atoms with Gasteiger partial charge in [0.25, 0.3) is 0 Å². The van der Waals surface area contributed by atoms with Crippen LogP contribution < -0.4 is 5.32 Å². The minimum Gasteiger partial charge on any atom is -0.392 e. The van der Waals surface area contributed by atoms with Gasteiger partial charge in [-0.15, -0.1) is 0 Å². The van der Waals surface area contributed by atoms with Gasteiger partial charge in [-0.25, -0.2) is 4.79 Å². The van der Waals surface area contributed by atoms with Gasteiger partial charge >= 0.3 is 6.03 Å². The third-order valence-electron chi connectivity index (χ3n) is 6.70. The van der Waals surface area contributed by atoms with Crippen molar-refractivity contribution >= 4 is 6.03 Å². The number of amides is 2. The quantitative estimate of drug-likeness (QED) is 0.815. The predicted molar refractivity (Wildman–Crippen MR) is 89.2 cm³/mol. The molecule has 5 heteroatoms. The molecule has 5 nitrogen and oxygen atoms in total. The highest BCUT2D eigenvalue weighted by Gasteiger charge is 2.40. The average Bonchev–Trinajstić information content (AvgIpc) is 3.17. The average molecular weight is 321 g/mol. The van der Waals surface area contributed by atoms with Gasteiger partial charge in [-0.3, -0.25) is 4.90 Å². The lowest BCUT2D eigenvalue weighted by atomic mass is 9.75. The summed E-state index contributed by atoms with van der Waals surface area (Å²) >= 11 is 0. The Morgan fingerprint density at radius 1 is 0.913 bits per heavy atom. The minimum absolute atomic E-state index is 0.104. The van der Waals surface area contributed by atoms with Crippen molar-refractivity contribution in [2.45, 2.75) is 69.6 Å². The van der Waals surface area contributed by atoms with E-state index in [1.165, 1.54) is 32.1 Å². The number of hydrogen-bond donors (Lipinski definition) is 2. The zero-order chi connectivity index (χ0) is 15.8. The van der Waals surface area contributed by atoms with E-state index in [0.717, 1.165) is 51.5 Å². The molecule has 4 rings (SSSR count). The second-order valence-corrected chi connectivity index (χ2v) is 8.21. The molecule has 4 aliphatic rings. The van der Waals surface area contributed by atoms with Crippen molar-refractivity contribution in [1.82, 2.24) is 15.1 Å². The van der Waals surface area contributed by atoms with Gasteiger partial charge in [0.15, 0.2) is 0 Å². The monoisotopic (exact) mass is 321 g/mol. The molecule has 0 aromatic heterocycles. The van der Waals surface area contributed by atoms with Crippen LogP contribution in [0, 0.1) is 11.8 Å². The van der Waals surface area contributed by atoms with Crippen molar-refractivity contribution in [2.75, 3.05) is 26.2 Å². The van der Waals surface area contributed by atoms with Gasteiger partial charge in [-0.2, -0.15) is 0 Å². The summed E-state index contributed by atoms with van der Waals surface area (Å²) < 4.78 is 0. The number of fused-ring (bicyclic) bond motifs is 2. The maximum atomic E-state index is 12.6. The number of hydrogen-bond acceptors (Lipinski definition) is 3. The summed E-state index contributed by atoms with van der Waals surface area (Å²) in [5, 5.41) is 13.5. The number of carbonyl (C=O) groups excluding carboxylic acids is 1. The van der Waals surface area contributed by atoms with Crippen molar-refractivity contribution < 1.29 is 9.90 Å². The van der Waals surface area contributed by atoms with E-state index in [1.807, 2.05) is 4.90 Å². The van der Waals surface area contributed by atoms with Gasteiger partial charge < -0.3 is 15.3 Å². The van der Waals surface area contributed by atoms with Crippen LogP contribution in [-0.4, -0.2) is 65.3 Å². The molecule has 23 heavy (non-hydrogen) atoms. The third-order valence-corrected chi connectivity index (χ3v) is 6.70. The van der Waals surface area contributed by atoms with Crippen LogP contribution in [0.1, 0.15) is 51.4 Å². The molecule has 2 amide bonds. The molecule has 2 N–H and O–H groups in total. The summed E-state index contributed by atoms with van der Waals surface area (Å²) in [5.74, 6) is 0.596. The van der Waals surface area contributed by atoms with Gasteiger partial charge in [-0.05, 0) is 32.1 Å². The highest BCUT2D eigenvalue weighted by molar-refractivity contribution is 5.74. The van der Waals surface area contributed by atoms with E-state index < -0.39 is 0 Å². The van der Waals surface area contributed by atoms with Crippen molar-refractivity contribution in [2.24, 2.45) is 11.8 Å². The minimum atomic E-state index is -0.183. The van der Waals surface area contributed by atoms with Crippen LogP contribution in [0.15, 0.2) is 0 Å². The Balaban J connectivity index is 1.29. The zero-order valence-corrected chi connectivity index (χ0v) is 14.1. The Morgan fingerprint density at radius 3 is 2.30 bits per heavy atom. The number of nitrogens with one attached hydrogen (secondary N) is 1. The van der Waals surface area contributed by atoms with E-state index in [9.17, 15) is 9.90 Å². The number of rotatable bonds is 2. The summed E-state index contributed by atoms with van der Waals surface area (Å²) in [6.07, 6.45) is 9.68. The lowest BCUT2D eigenvalue weighted by molar-refractivity contribution is -0.0369. The standard InChI is InChI=1S/C18H31N3O2/c22-17-13-4-3-5-14(17)11-21(10-13)18(23)19-15-8-9-20(12-15)16-6-1-2-7-16/h13-17,22H,1-12H2,(H,19,23). The highest BCUT2D eigenvalue weighted by atomic mass is 16.3. The largest absolute Gasteiger partial charge is 0.392 e. The molecule has 0 aromatic carbocycles. The first-order valence-corrected chi connectivity index (χ1v) is 9.68. The second kappa shape index (κ2) is 6.60. The van der Waals surface area contributed by atoms with Crippen molar-refractivity contribution in [3.8, 4) is 0 Å². The molecule has 2 saturated carbocycles. The van der Waals surface area contributed by atoms with Crippen LogP contribution >= 0.6 is 0 Å². The number of aliphatic hydroxyl groups excluding tert-OH is 1. The maximum Gasteiger partial charge on any atom is 0.317 e. The van der Waals surface area contributed by atoms with Gasteiger partial charge in [0.1, 0.15) is 0 Å². The normalized spacial score (nSPS) is 38.9. The molecular formula is C18H31N3O2. The number of aliphatic hydroxyl groups is 1. The molecule has 2 heterocycles. The van der Waals surface area contributed by atoms with Crippen molar-refractivity contribution in [3.63, 3.8) is 0 Å². The first kappa shape index (κ1) is 15.7. The van der Waals surface area contributed by atoms with Crippen LogP contribution in [0.5, 0.6) is 0 Å². The SMILES string of the molecule is O=C(NC1CCN(C2CCCC2)C1)N1CC2CCCC(C1)C2O. The van der Waals surface area contributed by atoms with E-state index in [-0.39, 0.29) is 12.1 Å². The van der Waals surface area contributed by atoms with Crippen LogP contribution in [0.25, 0.3) is 0 Å². The Labute approximate surface area is 139 Å². The van der Waals surface area contributed by atoms with Crippen LogP contribution in [0.2, 0.25) is 0 Å². The molecular weight excluding hydrogens is 290 g/mol. The van der Waals surface area contributed by atoms with Crippen LogP contribution in [0.4, 0.5) is 4.79 Å². The lowest BCUT2D eigenvalue weighted by Gasteiger charge is -2.45. The summed E-state index contributed by atoms with van der Waals surface area (Å²) in [7, 11) is 0. The summed E-state index contributed by atoms with van der Waals surface area (Å²) in [6, 6.07) is 1.18. The first-order valence-electron chi connectivity index (χ1n) is 9.68. The number of carbonyl (C=O) groups is 1. The van der Waals surface area contributed by atoms with E-state index in [0.29, 0.717) is 17.9 Å². The Bertz CT molecular complexity index is 424. The van der Waals surface area contributed by atoms with Crippen molar-refractivity contribution in [1.29, 1.82) is 0 Å². The molecule has 3 unspecified atom stereocenters. The fraction of sp³-hybridized carbons (Fsp3) is 0.944. The number of nitrogens with zero attached hydrogens (tertiary/aromatic N) is 2. The molecule has 2 aliphatic carbocycles. The zero-order valence-electron chi connectivity index (χ0n) is 14.1. The fourth-order valence-corrected chi connectivity index (χ4v) is 5.35. The Morgan fingerprint density at radius 2 is 1.61 bits per heavy atom. The highest BCUT2D eigenvalue weighted by Crippen LogP contribution is 2.35. The molecule has 4 fully saturated rings. The number of likely N-dealkylation sites (tertiary alicyclic amines) is 2. The van der Waals surface area contributed by atoms with E-state index in [1.54, 1.807) is 0 Å². The maximum absolute atomic E-state index is 12.6. The molecule has 130 valence electrons. The predicted octanol–water partition coefficient (Wildman–Crippen LogP) is 1.81. The first-order chi connectivity index (χ1) is 11.2. The third kappa shape index (κ3) is 3.22. The molecule has 0 radical (unpaired) electrons. The van der Waals surface area contributed by atoms with E-state index in [2.05, 4.69) is 10.2 Å². The Kier molecular flexibility index (Phi) is 4.50. The topological polar surface area (TPSA) is 55.8 Å². The van der Waals surface area contributed by atoms with Gasteiger partial charge in [0.05, 0.1) is 6.10 Å². The second-order valence-electron chi connectivity index (χ2n) is 8.21. The lowest BCUT2D eigenvalue weighted by Crippen LogP contribution is -2.56. The van der Waals surface area contributed by atoms with Gasteiger partial charge in [0.2, 0.25) is 0 Å². The summed E-state index contributed by atoms with van der Waals surface area (Å²) in [6.45, 7) is 3.64. The summed E-state index contributed by atoms with van der Waals surface area (Å²) in [5.41, 5.74) is 0. The van der Waals surface area contributed by atoms with Crippen molar-refractivity contribution in [3.05, 3.63) is 0 Å². The van der Waals surface area contributed by atoms with E-state index in [4.69, 9.17) is 0 Å². The molecule has 3 atom stereocenters. The smallest absolute Gasteiger partial charge is 0.317 e. The molecule has 0 spiro atoms. The number of urea groups is 1. The fourth-order valence-electron chi connectivity index (χ4n) is 5.35. The Hall–Kier alpha value is -0.810. The van der Waals surface area contributed by atoms with Gasteiger partial charge in [0, 0.05) is 50.1 Å². The molecule has 2 aliphatic heterocycles. The molecule has 2 saturated heterocycles. The summed E-state index contributed by atoms with van der Waals surface area (Å²) in [4.78, 5) is 17.2. The van der Waals surface area contributed by atoms with E-state index >= 15 is 0 Å². The molecule has 0 aromatic rings.